The molecule has 0 unspecified atom stereocenters. The van der Waals surface area contributed by atoms with Gasteiger partial charge in [-0.3, -0.25) is 4.79 Å². The van der Waals surface area contributed by atoms with Gasteiger partial charge in [-0.05, 0) is 25.5 Å². The second kappa shape index (κ2) is 7.47. The van der Waals surface area contributed by atoms with Crippen molar-refractivity contribution in [1.29, 1.82) is 0 Å². The molecule has 0 fully saturated rings. The second-order valence-corrected chi connectivity index (χ2v) is 6.50. The highest BCUT2D eigenvalue weighted by Crippen LogP contribution is 2.21. The third-order valence-electron chi connectivity index (χ3n) is 2.92. The number of rotatable bonds is 5. The summed E-state index contributed by atoms with van der Waals surface area (Å²) in [6.45, 7) is 4.03. The van der Waals surface area contributed by atoms with Gasteiger partial charge in [0.15, 0.2) is 5.16 Å². The molecular formula is C15H17ClN4OS. The van der Waals surface area contributed by atoms with Gasteiger partial charge in [-0.25, -0.2) is 9.97 Å². The number of nitrogens with zero attached hydrogens (tertiary/aromatic N) is 2. The molecule has 0 radical (unpaired) electrons. The number of amides is 1. The van der Waals surface area contributed by atoms with Crippen LogP contribution in [0.3, 0.4) is 0 Å². The molecule has 5 nitrogen and oxygen atoms in total. The molecule has 0 saturated heterocycles. The number of anilines is 1. The molecule has 1 atom stereocenters. The minimum atomic E-state index is -0.330. The van der Waals surface area contributed by atoms with E-state index in [1.807, 2.05) is 25.1 Å². The van der Waals surface area contributed by atoms with Crippen molar-refractivity contribution in [3.05, 3.63) is 46.6 Å². The Morgan fingerprint density at radius 2 is 2.14 bits per heavy atom. The zero-order chi connectivity index (χ0) is 16.1. The van der Waals surface area contributed by atoms with E-state index in [2.05, 4.69) is 15.3 Å². The number of aromatic nitrogens is 2. The first kappa shape index (κ1) is 16.6. The number of benzene rings is 1. The fourth-order valence-electron chi connectivity index (χ4n) is 1.80. The first-order chi connectivity index (χ1) is 10.5. The van der Waals surface area contributed by atoms with Crippen molar-refractivity contribution >= 4 is 35.1 Å². The molecule has 1 aromatic carbocycles. The van der Waals surface area contributed by atoms with Crippen LogP contribution in [0.15, 0.2) is 35.5 Å². The van der Waals surface area contributed by atoms with Gasteiger partial charge in [-0.1, -0.05) is 41.6 Å². The minimum absolute atomic E-state index is 0.103. The van der Waals surface area contributed by atoms with E-state index in [4.69, 9.17) is 17.3 Å². The van der Waals surface area contributed by atoms with Crippen molar-refractivity contribution in [2.45, 2.75) is 30.8 Å². The summed E-state index contributed by atoms with van der Waals surface area (Å²) < 4.78 is 0. The molecule has 1 aromatic heterocycles. The summed E-state index contributed by atoms with van der Waals surface area (Å²) in [6.07, 6.45) is 0. The van der Waals surface area contributed by atoms with Gasteiger partial charge in [0.25, 0.3) is 0 Å². The first-order valence-corrected chi connectivity index (χ1v) is 8.00. The summed E-state index contributed by atoms with van der Waals surface area (Å²) in [5, 5.41) is 3.66. The Balaban J connectivity index is 1.93. The van der Waals surface area contributed by atoms with Crippen molar-refractivity contribution in [3.8, 4) is 0 Å². The van der Waals surface area contributed by atoms with E-state index in [1.165, 1.54) is 11.8 Å². The number of thioether (sulfide) groups is 1. The lowest BCUT2D eigenvalue weighted by Crippen LogP contribution is -2.30. The number of nitrogen functional groups attached to an aromatic ring is 1. The Morgan fingerprint density at radius 3 is 2.82 bits per heavy atom. The predicted molar refractivity (Wildman–Crippen MR) is 89.8 cm³/mol. The molecule has 2 aromatic rings. The highest BCUT2D eigenvalue weighted by atomic mass is 35.5. The lowest BCUT2D eigenvalue weighted by molar-refractivity contribution is -0.120. The summed E-state index contributed by atoms with van der Waals surface area (Å²) in [5.41, 5.74) is 7.34. The third-order valence-corrected chi connectivity index (χ3v) is 4.25. The maximum atomic E-state index is 12.1. The van der Waals surface area contributed by atoms with Crippen molar-refractivity contribution in [3.63, 3.8) is 0 Å². The van der Waals surface area contributed by atoms with Gasteiger partial charge in [-0.2, -0.15) is 0 Å². The van der Waals surface area contributed by atoms with Crippen LogP contribution in [0.1, 0.15) is 18.2 Å². The molecule has 0 saturated carbocycles. The van der Waals surface area contributed by atoms with Gasteiger partial charge >= 0.3 is 0 Å². The summed E-state index contributed by atoms with van der Waals surface area (Å²) in [4.78, 5) is 20.5. The van der Waals surface area contributed by atoms with Gasteiger partial charge in [0.05, 0.1) is 5.25 Å². The standard InChI is InChI=1S/C15H17ClN4OS/c1-9-7-13(17)20-15(19-9)22-10(2)14(21)18-8-11-5-3-4-6-12(11)16/h3-7,10H,8H2,1-2H3,(H,18,21)(H2,17,19,20)/t10-/m1/s1. The topological polar surface area (TPSA) is 80.9 Å². The molecule has 0 spiro atoms. The molecule has 0 aliphatic heterocycles. The zero-order valence-electron chi connectivity index (χ0n) is 12.3. The Kier molecular flexibility index (Phi) is 5.63. The molecule has 3 N–H and O–H groups in total. The fourth-order valence-corrected chi connectivity index (χ4v) is 2.86. The molecule has 116 valence electrons. The molecule has 1 amide bonds. The lowest BCUT2D eigenvalue weighted by Gasteiger charge is -2.12. The highest BCUT2D eigenvalue weighted by molar-refractivity contribution is 8.00. The SMILES string of the molecule is Cc1cc(N)nc(S[C@H](C)C(=O)NCc2ccccc2Cl)n1. The predicted octanol–water partition coefficient (Wildman–Crippen LogP) is 2.82. The van der Waals surface area contributed by atoms with Crippen molar-refractivity contribution in [1.82, 2.24) is 15.3 Å². The monoisotopic (exact) mass is 336 g/mol. The molecular weight excluding hydrogens is 320 g/mol. The van der Waals surface area contributed by atoms with E-state index < -0.39 is 0 Å². The lowest BCUT2D eigenvalue weighted by atomic mass is 10.2. The van der Waals surface area contributed by atoms with Crippen LogP contribution in [-0.2, 0) is 11.3 Å². The third kappa shape index (κ3) is 4.61. The number of hydrogen-bond donors (Lipinski definition) is 2. The first-order valence-electron chi connectivity index (χ1n) is 6.74. The zero-order valence-corrected chi connectivity index (χ0v) is 13.9. The van der Waals surface area contributed by atoms with Crippen molar-refractivity contribution < 1.29 is 4.79 Å². The van der Waals surface area contributed by atoms with E-state index in [9.17, 15) is 4.79 Å². The average molecular weight is 337 g/mol. The maximum absolute atomic E-state index is 12.1. The van der Waals surface area contributed by atoms with Crippen LogP contribution in [-0.4, -0.2) is 21.1 Å². The van der Waals surface area contributed by atoms with E-state index in [-0.39, 0.29) is 11.2 Å². The van der Waals surface area contributed by atoms with E-state index in [0.717, 1.165) is 11.3 Å². The van der Waals surface area contributed by atoms with Crippen LogP contribution in [0.25, 0.3) is 0 Å². The van der Waals surface area contributed by atoms with Crippen molar-refractivity contribution in [2.24, 2.45) is 0 Å². The summed E-state index contributed by atoms with van der Waals surface area (Å²) in [5.74, 6) is 0.298. The molecule has 0 aliphatic carbocycles. The summed E-state index contributed by atoms with van der Waals surface area (Å²) >= 11 is 7.33. The van der Waals surface area contributed by atoms with Crippen LogP contribution in [0.4, 0.5) is 5.82 Å². The number of carbonyl (C=O) groups excluding carboxylic acids is 1. The number of nitrogens with one attached hydrogen (secondary N) is 1. The quantitative estimate of drug-likeness (QED) is 0.648. The number of nitrogens with two attached hydrogens (primary N) is 1. The number of carbonyl (C=O) groups is 1. The molecule has 22 heavy (non-hydrogen) atoms. The van der Waals surface area contributed by atoms with Crippen LogP contribution in [0.5, 0.6) is 0 Å². The largest absolute Gasteiger partial charge is 0.384 e. The Hall–Kier alpha value is -1.79. The van der Waals surface area contributed by atoms with Gasteiger partial charge in [0.1, 0.15) is 5.82 Å². The van der Waals surface area contributed by atoms with Crippen LogP contribution < -0.4 is 11.1 Å². The van der Waals surface area contributed by atoms with Crippen LogP contribution in [0, 0.1) is 6.92 Å². The normalized spacial score (nSPS) is 12.0. The van der Waals surface area contributed by atoms with Gasteiger partial charge in [0, 0.05) is 23.3 Å². The highest BCUT2D eigenvalue weighted by Gasteiger charge is 2.16. The van der Waals surface area contributed by atoms with Gasteiger partial charge in [0.2, 0.25) is 5.91 Å². The molecule has 0 aliphatic rings. The van der Waals surface area contributed by atoms with E-state index >= 15 is 0 Å². The van der Waals surface area contributed by atoms with E-state index in [1.54, 1.807) is 19.1 Å². The molecule has 0 bridgehead atoms. The van der Waals surface area contributed by atoms with Gasteiger partial charge < -0.3 is 11.1 Å². The molecule has 2 rings (SSSR count). The van der Waals surface area contributed by atoms with E-state index in [0.29, 0.717) is 22.5 Å². The maximum Gasteiger partial charge on any atom is 0.233 e. The number of aryl methyl sites for hydroxylation is 1. The van der Waals surface area contributed by atoms with Gasteiger partial charge in [-0.15, -0.1) is 0 Å². The fraction of sp³-hybridized carbons (Fsp3) is 0.267. The average Bonchev–Trinajstić information content (AvgIpc) is 2.45. The molecule has 7 heteroatoms. The Bertz CT molecular complexity index is 660. The Labute approximate surface area is 138 Å². The second-order valence-electron chi connectivity index (χ2n) is 4.79. The van der Waals surface area contributed by atoms with Crippen molar-refractivity contribution in [2.75, 3.05) is 5.73 Å². The minimum Gasteiger partial charge on any atom is -0.384 e. The number of halogens is 1. The summed E-state index contributed by atoms with van der Waals surface area (Å²) in [6, 6.07) is 9.10. The van der Waals surface area contributed by atoms with Crippen LogP contribution >= 0.6 is 23.4 Å². The smallest absolute Gasteiger partial charge is 0.233 e. The Morgan fingerprint density at radius 1 is 1.41 bits per heavy atom. The van der Waals surface area contributed by atoms with Crippen LogP contribution in [0.2, 0.25) is 5.02 Å². The molecule has 1 heterocycles. The number of hydrogen-bond acceptors (Lipinski definition) is 5. The summed E-state index contributed by atoms with van der Waals surface area (Å²) in [7, 11) is 0.